The van der Waals surface area contributed by atoms with Crippen LogP contribution in [0.5, 0.6) is 23.0 Å². The van der Waals surface area contributed by atoms with Gasteiger partial charge < -0.3 is 33.7 Å². The van der Waals surface area contributed by atoms with Crippen LogP contribution < -0.4 is 18.9 Å². The predicted octanol–water partition coefficient (Wildman–Crippen LogP) is 1.94. The Bertz CT molecular complexity index is 1240. The number of rotatable bonds is 5. The van der Waals surface area contributed by atoms with Gasteiger partial charge >= 0.3 is 0 Å². The number of hydrogen-bond acceptors (Lipinski definition) is 9. The van der Waals surface area contributed by atoms with Crippen molar-refractivity contribution in [1.82, 2.24) is 9.80 Å². The van der Waals surface area contributed by atoms with Crippen molar-refractivity contribution < 1.29 is 38.4 Å². The van der Waals surface area contributed by atoms with Crippen LogP contribution in [0.1, 0.15) is 17.2 Å². The number of carbonyl (C=O) groups excluding carboxylic acids is 2. The molecule has 4 aliphatic rings. The summed E-state index contributed by atoms with van der Waals surface area (Å²) in [5.74, 6) is 0.530. The summed E-state index contributed by atoms with van der Waals surface area (Å²) in [6, 6.07) is 9.49. The zero-order chi connectivity index (χ0) is 24.6. The molecule has 6 rings (SSSR count). The van der Waals surface area contributed by atoms with Gasteiger partial charge in [-0.05, 0) is 35.9 Å². The molecule has 2 saturated heterocycles. The van der Waals surface area contributed by atoms with E-state index in [1.54, 1.807) is 36.4 Å². The fourth-order valence-electron chi connectivity index (χ4n) is 4.96. The van der Waals surface area contributed by atoms with Crippen LogP contribution in [-0.4, -0.2) is 86.0 Å². The van der Waals surface area contributed by atoms with Gasteiger partial charge in [-0.1, -0.05) is 6.07 Å². The summed E-state index contributed by atoms with van der Waals surface area (Å²) >= 11 is 0. The normalized spacial score (nSPS) is 22.8. The van der Waals surface area contributed by atoms with E-state index in [1.807, 2.05) is 0 Å². The van der Waals surface area contributed by atoms with E-state index in [2.05, 4.69) is 4.90 Å². The van der Waals surface area contributed by atoms with Gasteiger partial charge in [0.1, 0.15) is 19.0 Å². The van der Waals surface area contributed by atoms with Crippen LogP contribution in [0.3, 0.4) is 0 Å². The van der Waals surface area contributed by atoms with E-state index < -0.39 is 17.7 Å². The number of aliphatic hydroxyl groups excluding tert-OH is 1. The predicted molar refractivity (Wildman–Crippen MR) is 126 cm³/mol. The van der Waals surface area contributed by atoms with Crippen molar-refractivity contribution >= 4 is 17.4 Å². The zero-order valence-electron chi connectivity index (χ0n) is 19.6. The number of hydrogen-bond donors (Lipinski definition) is 1. The molecule has 0 aliphatic carbocycles. The number of aliphatic hydroxyl groups is 1. The number of Topliss-reactive ketones (excluding diaryl/α,β-unsaturated/α-hetero) is 1. The number of ether oxygens (including phenoxy) is 5. The van der Waals surface area contributed by atoms with E-state index in [0.717, 1.165) is 13.1 Å². The standard InChI is InChI=1S/C26H26N2O8/c29-24(17-2-4-18-20(14-17)34-12-11-33-18)22-23(16-1-3-19-21(13-16)36-15-35-19)28(26(31)25(22)30)6-5-27-7-9-32-10-8-27/h1-4,13-14,23,29H,5-12,15H2. The first-order chi connectivity index (χ1) is 17.6. The molecule has 0 spiro atoms. The number of carbonyl (C=O) groups is 2. The highest BCUT2D eigenvalue weighted by atomic mass is 16.7. The lowest BCUT2D eigenvalue weighted by Crippen LogP contribution is -2.42. The molecule has 4 heterocycles. The number of morpholine rings is 1. The largest absolute Gasteiger partial charge is 0.507 e. The van der Waals surface area contributed by atoms with Crippen molar-refractivity contribution in [2.75, 3.05) is 59.4 Å². The minimum Gasteiger partial charge on any atom is -0.507 e. The molecule has 1 unspecified atom stereocenters. The van der Waals surface area contributed by atoms with Crippen LogP contribution in [0.15, 0.2) is 42.0 Å². The van der Waals surface area contributed by atoms with Gasteiger partial charge in [0.2, 0.25) is 6.79 Å². The number of fused-ring (bicyclic) bond motifs is 2. The average Bonchev–Trinajstić information content (AvgIpc) is 3.49. The number of amides is 1. The highest BCUT2D eigenvalue weighted by molar-refractivity contribution is 6.46. The van der Waals surface area contributed by atoms with Gasteiger partial charge in [0, 0.05) is 31.7 Å². The first-order valence-electron chi connectivity index (χ1n) is 12.0. The summed E-state index contributed by atoms with van der Waals surface area (Å²) < 4.78 is 27.6. The second-order valence-electron chi connectivity index (χ2n) is 8.92. The van der Waals surface area contributed by atoms with Crippen molar-refractivity contribution in [3.8, 4) is 23.0 Å². The van der Waals surface area contributed by atoms with Crippen molar-refractivity contribution in [3.05, 3.63) is 53.1 Å². The highest BCUT2D eigenvalue weighted by Crippen LogP contribution is 2.43. The van der Waals surface area contributed by atoms with Gasteiger partial charge in [-0.15, -0.1) is 0 Å². The Hall–Kier alpha value is -3.76. The topological polar surface area (TPSA) is 107 Å². The van der Waals surface area contributed by atoms with Crippen LogP contribution in [0.4, 0.5) is 0 Å². The summed E-state index contributed by atoms with van der Waals surface area (Å²) in [6.45, 7) is 4.63. The Kier molecular flexibility index (Phi) is 5.90. The SMILES string of the molecule is O=C1C(=O)N(CCN2CCOCC2)C(c2ccc3c(c2)OCO3)C1=C(O)c1ccc2c(c1)OCCO2. The molecule has 0 saturated carbocycles. The number of ketones is 1. The number of benzene rings is 2. The number of nitrogens with zero attached hydrogens (tertiary/aromatic N) is 2. The summed E-state index contributed by atoms with van der Waals surface area (Å²) in [7, 11) is 0. The van der Waals surface area contributed by atoms with Gasteiger partial charge in [0.25, 0.3) is 11.7 Å². The first kappa shape index (κ1) is 22.7. The molecule has 0 aromatic heterocycles. The van der Waals surface area contributed by atoms with Crippen molar-refractivity contribution in [2.24, 2.45) is 0 Å². The van der Waals surface area contributed by atoms with E-state index in [9.17, 15) is 14.7 Å². The third-order valence-corrected chi connectivity index (χ3v) is 6.83. The Morgan fingerprint density at radius 1 is 0.833 bits per heavy atom. The monoisotopic (exact) mass is 494 g/mol. The fourth-order valence-corrected chi connectivity index (χ4v) is 4.96. The molecule has 1 N–H and O–H groups in total. The molecule has 188 valence electrons. The molecule has 1 amide bonds. The molecule has 4 aliphatic heterocycles. The van der Waals surface area contributed by atoms with E-state index in [-0.39, 0.29) is 18.1 Å². The Balaban J connectivity index is 1.40. The van der Waals surface area contributed by atoms with Crippen LogP contribution in [0.2, 0.25) is 0 Å². The maximum absolute atomic E-state index is 13.3. The minimum atomic E-state index is -0.784. The summed E-state index contributed by atoms with van der Waals surface area (Å²) in [5.41, 5.74) is 1.05. The summed E-state index contributed by atoms with van der Waals surface area (Å²) in [6.07, 6.45) is 0. The third-order valence-electron chi connectivity index (χ3n) is 6.83. The molecule has 10 heteroatoms. The Labute approximate surface area is 207 Å². The van der Waals surface area contributed by atoms with Crippen molar-refractivity contribution in [3.63, 3.8) is 0 Å². The maximum atomic E-state index is 13.3. The van der Waals surface area contributed by atoms with Crippen LogP contribution >= 0.6 is 0 Å². The van der Waals surface area contributed by atoms with E-state index >= 15 is 0 Å². The van der Waals surface area contributed by atoms with Crippen LogP contribution in [-0.2, 0) is 14.3 Å². The Morgan fingerprint density at radius 3 is 2.36 bits per heavy atom. The molecule has 1 atom stereocenters. The summed E-state index contributed by atoms with van der Waals surface area (Å²) in [4.78, 5) is 30.3. The first-order valence-corrected chi connectivity index (χ1v) is 12.0. The molecule has 0 radical (unpaired) electrons. The van der Waals surface area contributed by atoms with Gasteiger partial charge in [-0.25, -0.2) is 0 Å². The van der Waals surface area contributed by atoms with Gasteiger partial charge in [0.05, 0.1) is 24.8 Å². The van der Waals surface area contributed by atoms with Gasteiger partial charge in [-0.3, -0.25) is 14.5 Å². The number of likely N-dealkylation sites (tertiary alicyclic amines) is 1. The molecule has 36 heavy (non-hydrogen) atoms. The maximum Gasteiger partial charge on any atom is 0.295 e. The minimum absolute atomic E-state index is 0.0255. The zero-order valence-corrected chi connectivity index (χ0v) is 19.6. The lowest BCUT2D eigenvalue weighted by molar-refractivity contribution is -0.140. The molecule has 2 fully saturated rings. The van der Waals surface area contributed by atoms with E-state index in [4.69, 9.17) is 23.7 Å². The molecule has 0 bridgehead atoms. The lowest BCUT2D eigenvalue weighted by Gasteiger charge is -2.31. The summed E-state index contributed by atoms with van der Waals surface area (Å²) in [5, 5.41) is 11.4. The quantitative estimate of drug-likeness (QED) is 0.379. The van der Waals surface area contributed by atoms with Crippen LogP contribution in [0, 0.1) is 0 Å². The smallest absolute Gasteiger partial charge is 0.295 e. The average molecular weight is 495 g/mol. The third kappa shape index (κ3) is 4.02. The second-order valence-corrected chi connectivity index (χ2v) is 8.92. The van der Waals surface area contributed by atoms with Gasteiger partial charge in [-0.2, -0.15) is 0 Å². The lowest BCUT2D eigenvalue weighted by atomic mass is 9.95. The van der Waals surface area contributed by atoms with Crippen molar-refractivity contribution in [2.45, 2.75) is 6.04 Å². The highest BCUT2D eigenvalue weighted by Gasteiger charge is 2.46. The van der Waals surface area contributed by atoms with Crippen molar-refractivity contribution in [1.29, 1.82) is 0 Å². The molecule has 2 aromatic rings. The fraction of sp³-hybridized carbons (Fsp3) is 0.385. The van der Waals surface area contributed by atoms with Gasteiger partial charge in [0.15, 0.2) is 23.0 Å². The van der Waals surface area contributed by atoms with E-state index in [0.29, 0.717) is 73.6 Å². The molecular formula is C26H26N2O8. The van der Waals surface area contributed by atoms with E-state index in [1.165, 1.54) is 4.90 Å². The van der Waals surface area contributed by atoms with Crippen LogP contribution in [0.25, 0.3) is 5.76 Å². The molecule has 2 aromatic carbocycles. The molecule has 10 nitrogen and oxygen atoms in total. The second kappa shape index (κ2) is 9.36. The molecular weight excluding hydrogens is 468 g/mol. The Morgan fingerprint density at radius 2 is 1.53 bits per heavy atom.